The molecule has 0 aliphatic carbocycles. The Hall–Kier alpha value is -5.71. The second kappa shape index (κ2) is 17.6. The summed E-state index contributed by atoms with van der Waals surface area (Å²) in [6.07, 6.45) is -4.43. The second-order valence-corrected chi connectivity index (χ2v) is 15.6. The number of rotatable bonds is 4. The van der Waals surface area contributed by atoms with Gasteiger partial charge in [-0.3, -0.25) is 9.59 Å². The molecule has 0 atom stereocenters. The van der Waals surface area contributed by atoms with E-state index in [-0.39, 0.29) is 23.5 Å². The van der Waals surface area contributed by atoms with Crippen molar-refractivity contribution in [3.8, 4) is 0 Å². The van der Waals surface area contributed by atoms with Gasteiger partial charge in [0, 0.05) is 100 Å². The van der Waals surface area contributed by atoms with Crippen molar-refractivity contribution in [2.75, 3.05) is 63.0 Å². The number of hydrogen-bond acceptors (Lipinski definition) is 4. The summed E-state index contributed by atoms with van der Waals surface area (Å²) in [6, 6.07) is 25.4. The number of urea groups is 2. The summed E-state index contributed by atoms with van der Waals surface area (Å²) in [5.74, 6) is -0.240. The van der Waals surface area contributed by atoms with Crippen LogP contribution in [0.25, 0.3) is 21.8 Å². The molecule has 0 radical (unpaired) electrons. The van der Waals surface area contributed by atoms with Crippen LogP contribution in [0.15, 0.2) is 102 Å². The van der Waals surface area contributed by atoms with Crippen molar-refractivity contribution >= 4 is 96.2 Å². The van der Waals surface area contributed by atoms with Crippen molar-refractivity contribution in [3.63, 3.8) is 0 Å². The van der Waals surface area contributed by atoms with Crippen LogP contribution in [0.3, 0.4) is 0 Å². The highest BCUT2D eigenvalue weighted by Crippen LogP contribution is 2.30. The lowest BCUT2D eigenvalue weighted by molar-refractivity contribution is -0.137. The van der Waals surface area contributed by atoms with Crippen molar-refractivity contribution in [2.45, 2.75) is 6.18 Å². The number of amides is 6. The number of piperazine rings is 2. The summed E-state index contributed by atoms with van der Waals surface area (Å²) < 4.78 is 38.9. The molecule has 59 heavy (non-hydrogen) atoms. The number of H-pyrrole nitrogens is 2. The lowest BCUT2D eigenvalue weighted by Crippen LogP contribution is -2.51. The van der Waals surface area contributed by atoms with Gasteiger partial charge in [-0.2, -0.15) is 13.2 Å². The van der Waals surface area contributed by atoms with Crippen LogP contribution in [0.2, 0.25) is 10.0 Å². The minimum absolute atomic E-state index is 0.0692. The fourth-order valence-corrected chi connectivity index (χ4v) is 7.31. The van der Waals surface area contributed by atoms with Gasteiger partial charge < -0.3 is 40.2 Å². The Balaban J connectivity index is 0.000000180. The normalized spacial score (nSPS) is 14.5. The Morgan fingerprint density at radius 1 is 0.542 bits per heavy atom. The highest BCUT2D eigenvalue weighted by molar-refractivity contribution is 9.10. The van der Waals surface area contributed by atoms with E-state index in [1.165, 1.54) is 17.0 Å². The maximum atomic E-state index is 12.8. The van der Waals surface area contributed by atoms with Crippen molar-refractivity contribution in [3.05, 3.63) is 129 Å². The van der Waals surface area contributed by atoms with Gasteiger partial charge in [0.25, 0.3) is 11.8 Å². The topological polar surface area (TPSA) is 137 Å². The quantitative estimate of drug-likeness (QED) is 0.140. The SMILES string of the molecule is O=C(Nc1ccc(Br)cc1)N1CCN(C(=O)c2cc3cc(Cl)ccc3[nH]2)CC1.O=C(Nc1ccc(C(F)(F)F)cc1)N1CCN(C(=O)c2cc3cc(Cl)ccc3[nH]2)CC1. The third-order valence-corrected chi connectivity index (χ3v) is 10.9. The van der Waals surface area contributed by atoms with E-state index < -0.39 is 17.8 Å². The van der Waals surface area contributed by atoms with Crippen LogP contribution in [-0.2, 0) is 6.18 Å². The molecule has 0 unspecified atom stereocenters. The lowest BCUT2D eigenvalue weighted by atomic mass is 10.2. The minimum Gasteiger partial charge on any atom is -0.351 e. The Kier molecular flexibility index (Phi) is 12.4. The number of aromatic nitrogens is 2. The number of nitrogens with zero attached hydrogens (tertiary/aromatic N) is 4. The molecule has 12 nitrogen and oxygen atoms in total. The smallest absolute Gasteiger partial charge is 0.351 e. The van der Waals surface area contributed by atoms with E-state index in [2.05, 4.69) is 36.5 Å². The highest BCUT2D eigenvalue weighted by atomic mass is 79.9. The molecule has 2 aliphatic rings. The molecule has 6 aromatic rings. The van der Waals surface area contributed by atoms with Crippen LogP contribution in [0, 0.1) is 0 Å². The zero-order chi connectivity index (χ0) is 41.8. The fraction of sp³-hybridized carbons (Fsp3) is 0.220. The maximum absolute atomic E-state index is 12.8. The number of halogens is 6. The first kappa shape index (κ1) is 41.4. The molecule has 4 aromatic carbocycles. The molecule has 8 rings (SSSR count). The zero-order valence-corrected chi connectivity index (χ0v) is 34.2. The van der Waals surface area contributed by atoms with Crippen molar-refractivity contribution in [1.82, 2.24) is 29.6 Å². The Bertz CT molecular complexity index is 2500. The van der Waals surface area contributed by atoms with Gasteiger partial charge in [-0.05, 0) is 97.1 Å². The maximum Gasteiger partial charge on any atom is 0.416 e. The van der Waals surface area contributed by atoms with E-state index in [1.54, 1.807) is 45.0 Å². The number of fused-ring (bicyclic) bond motifs is 2. The predicted molar refractivity (Wildman–Crippen MR) is 225 cm³/mol. The van der Waals surface area contributed by atoms with E-state index in [4.69, 9.17) is 23.2 Å². The average Bonchev–Trinajstić information content (AvgIpc) is 3.85. The van der Waals surface area contributed by atoms with E-state index >= 15 is 0 Å². The molecule has 18 heteroatoms. The van der Waals surface area contributed by atoms with Gasteiger partial charge in [-0.1, -0.05) is 39.1 Å². The molecule has 0 bridgehead atoms. The Labute approximate surface area is 354 Å². The van der Waals surface area contributed by atoms with Crippen LogP contribution >= 0.6 is 39.1 Å². The van der Waals surface area contributed by atoms with Crippen LogP contribution < -0.4 is 10.6 Å². The van der Waals surface area contributed by atoms with E-state index in [0.29, 0.717) is 73.8 Å². The average molecular weight is 913 g/mol. The zero-order valence-electron chi connectivity index (χ0n) is 31.1. The van der Waals surface area contributed by atoms with Crippen LogP contribution in [0.5, 0.6) is 0 Å². The van der Waals surface area contributed by atoms with Gasteiger partial charge in [0.05, 0.1) is 5.56 Å². The summed E-state index contributed by atoms with van der Waals surface area (Å²) in [5.41, 5.74) is 2.89. The second-order valence-electron chi connectivity index (χ2n) is 13.8. The molecule has 306 valence electrons. The molecule has 6 amide bonds. The minimum atomic E-state index is -4.43. The van der Waals surface area contributed by atoms with Gasteiger partial charge in [0.15, 0.2) is 0 Å². The first-order valence-corrected chi connectivity index (χ1v) is 19.9. The lowest BCUT2D eigenvalue weighted by Gasteiger charge is -2.34. The predicted octanol–water partition coefficient (Wildman–Crippen LogP) is 9.40. The molecule has 2 fully saturated rings. The van der Waals surface area contributed by atoms with E-state index in [9.17, 15) is 32.3 Å². The summed E-state index contributed by atoms with van der Waals surface area (Å²) in [5, 5.41) is 8.43. The molecule has 4 heterocycles. The number of alkyl halides is 3. The highest BCUT2D eigenvalue weighted by Gasteiger charge is 2.31. The number of carbonyl (C=O) groups is 4. The summed E-state index contributed by atoms with van der Waals surface area (Å²) in [7, 11) is 0. The monoisotopic (exact) mass is 910 g/mol. The standard InChI is InChI=1S/C21H18ClF3N4O2.C20H18BrClN4O2/c22-15-3-6-17-13(11-15)12-18(27-17)19(30)28-7-9-29(10-8-28)20(31)26-16-4-1-14(2-5-16)21(23,24)25;21-14-1-4-16(5-2-14)23-20(28)26-9-7-25(8-10-26)19(27)18-12-13-11-15(22)3-6-17(13)24-18/h1-6,11-12,27H,7-10H2,(H,26,31);1-6,11-12,24H,7-10H2,(H,23,28). The fourth-order valence-electron chi connectivity index (χ4n) is 6.68. The number of hydrogen-bond donors (Lipinski definition) is 4. The van der Waals surface area contributed by atoms with Crippen LogP contribution in [0.4, 0.5) is 34.1 Å². The number of aromatic amines is 2. The van der Waals surface area contributed by atoms with E-state index in [1.807, 2.05) is 42.5 Å². The van der Waals surface area contributed by atoms with Gasteiger partial charge in [-0.15, -0.1) is 0 Å². The number of nitrogens with one attached hydrogen (secondary N) is 4. The summed E-state index contributed by atoms with van der Waals surface area (Å²) in [6.45, 7) is 3.26. The first-order valence-electron chi connectivity index (χ1n) is 18.4. The molecule has 2 aromatic heterocycles. The molecule has 4 N–H and O–H groups in total. The van der Waals surface area contributed by atoms with Gasteiger partial charge in [-0.25, -0.2) is 9.59 Å². The molecule has 0 spiro atoms. The van der Waals surface area contributed by atoms with Crippen LogP contribution in [0.1, 0.15) is 26.5 Å². The molecule has 2 saturated heterocycles. The van der Waals surface area contributed by atoms with Gasteiger partial charge in [0.2, 0.25) is 0 Å². The van der Waals surface area contributed by atoms with Gasteiger partial charge in [0.1, 0.15) is 11.4 Å². The Morgan fingerprint density at radius 3 is 1.31 bits per heavy atom. The molecule has 0 saturated carbocycles. The third-order valence-electron chi connectivity index (χ3n) is 9.89. The largest absolute Gasteiger partial charge is 0.416 e. The summed E-state index contributed by atoms with van der Waals surface area (Å²) in [4.78, 5) is 63.3. The van der Waals surface area contributed by atoms with Crippen molar-refractivity contribution in [2.24, 2.45) is 0 Å². The summed E-state index contributed by atoms with van der Waals surface area (Å²) >= 11 is 15.4. The van der Waals surface area contributed by atoms with Gasteiger partial charge >= 0.3 is 18.2 Å². The number of benzene rings is 4. The Morgan fingerprint density at radius 2 is 0.915 bits per heavy atom. The van der Waals surface area contributed by atoms with Crippen LogP contribution in [-0.4, -0.2) is 106 Å². The third kappa shape index (κ3) is 10.1. The molecule has 2 aliphatic heterocycles. The number of carbonyl (C=O) groups excluding carboxylic acids is 4. The van der Waals surface area contributed by atoms with Crippen molar-refractivity contribution < 1.29 is 32.3 Å². The first-order chi connectivity index (χ1) is 28.2. The number of anilines is 2. The van der Waals surface area contributed by atoms with E-state index in [0.717, 1.165) is 44.1 Å². The molecular formula is C41H36BrCl2F3N8O4. The van der Waals surface area contributed by atoms with Crippen molar-refractivity contribution in [1.29, 1.82) is 0 Å². The molecular weight excluding hydrogens is 876 g/mol.